The van der Waals surface area contributed by atoms with E-state index in [1.165, 1.54) is 17.0 Å². The van der Waals surface area contributed by atoms with Crippen molar-refractivity contribution in [3.8, 4) is 0 Å². The normalized spacial score (nSPS) is 11.1. The van der Waals surface area contributed by atoms with Crippen molar-refractivity contribution in [3.05, 3.63) is 51.5 Å². The molecule has 5 heteroatoms. The Balaban J connectivity index is 1.85. The molecule has 0 spiro atoms. The third-order valence-electron chi connectivity index (χ3n) is 2.69. The molecule has 2 nitrogen and oxygen atoms in total. The maximum Gasteiger partial charge on any atom is 0.263 e. The fourth-order valence-corrected chi connectivity index (χ4v) is 2.34. The molecular formula is C13H14F2N2S. The Morgan fingerprint density at radius 3 is 2.50 bits per heavy atom. The summed E-state index contributed by atoms with van der Waals surface area (Å²) in [5.74, 6) is 0. The summed E-state index contributed by atoms with van der Waals surface area (Å²) < 4.78 is 24.7. The molecule has 0 radical (unpaired) electrons. The molecule has 1 heterocycles. The number of hydrogen-bond donors (Lipinski definition) is 1. The van der Waals surface area contributed by atoms with Gasteiger partial charge in [-0.1, -0.05) is 24.3 Å². The number of hydrogen-bond acceptors (Lipinski definition) is 3. The van der Waals surface area contributed by atoms with Crippen LogP contribution in [0.1, 0.15) is 28.1 Å². The predicted octanol–water partition coefficient (Wildman–Crippen LogP) is 3.68. The van der Waals surface area contributed by atoms with E-state index in [0.29, 0.717) is 6.54 Å². The molecule has 0 aliphatic heterocycles. The first-order valence-corrected chi connectivity index (χ1v) is 6.51. The number of halogens is 2. The summed E-state index contributed by atoms with van der Waals surface area (Å²) in [5, 5.41) is 3.28. The Labute approximate surface area is 109 Å². The summed E-state index contributed by atoms with van der Waals surface area (Å²) >= 11 is 1.62. The van der Waals surface area contributed by atoms with E-state index < -0.39 is 6.43 Å². The molecule has 1 aromatic carbocycles. The predicted molar refractivity (Wildman–Crippen MR) is 68.8 cm³/mol. The first-order valence-electron chi connectivity index (χ1n) is 5.63. The van der Waals surface area contributed by atoms with Gasteiger partial charge in [0.2, 0.25) is 0 Å². The number of aromatic nitrogens is 1. The lowest BCUT2D eigenvalue weighted by atomic mass is 10.1. The van der Waals surface area contributed by atoms with Crippen molar-refractivity contribution < 1.29 is 8.78 Å². The molecule has 0 fully saturated rings. The molecular weight excluding hydrogens is 254 g/mol. The molecule has 18 heavy (non-hydrogen) atoms. The second-order valence-corrected chi connectivity index (χ2v) is 4.95. The van der Waals surface area contributed by atoms with Gasteiger partial charge in [0, 0.05) is 23.5 Å². The Kier molecular flexibility index (Phi) is 4.38. The molecule has 96 valence electrons. The molecule has 1 N–H and O–H groups in total. The molecule has 2 aromatic rings. The van der Waals surface area contributed by atoms with Crippen molar-refractivity contribution >= 4 is 11.3 Å². The van der Waals surface area contributed by atoms with Crippen LogP contribution < -0.4 is 5.32 Å². The zero-order valence-corrected chi connectivity index (χ0v) is 10.8. The minimum absolute atomic E-state index is 0.0667. The van der Waals surface area contributed by atoms with Gasteiger partial charge in [-0.15, -0.1) is 11.3 Å². The lowest BCUT2D eigenvalue weighted by molar-refractivity contribution is 0.151. The second-order valence-electron chi connectivity index (χ2n) is 4.01. The van der Waals surface area contributed by atoms with Gasteiger partial charge in [-0.05, 0) is 12.5 Å². The van der Waals surface area contributed by atoms with Crippen molar-refractivity contribution in [1.82, 2.24) is 10.3 Å². The molecule has 0 aliphatic carbocycles. The van der Waals surface area contributed by atoms with E-state index in [9.17, 15) is 8.78 Å². The number of benzene rings is 1. The topological polar surface area (TPSA) is 24.9 Å². The van der Waals surface area contributed by atoms with Crippen LogP contribution in [0.5, 0.6) is 0 Å². The number of nitrogens with zero attached hydrogens (tertiary/aromatic N) is 1. The molecule has 1 aromatic heterocycles. The van der Waals surface area contributed by atoms with Crippen LogP contribution in [-0.2, 0) is 13.1 Å². The monoisotopic (exact) mass is 268 g/mol. The SMILES string of the molecule is Cc1ncsc1CNCc1ccc(C(F)F)cc1. The quantitative estimate of drug-likeness (QED) is 0.894. The van der Waals surface area contributed by atoms with Gasteiger partial charge in [0.05, 0.1) is 11.2 Å². The Hall–Kier alpha value is -1.33. The third kappa shape index (κ3) is 3.34. The fourth-order valence-electron chi connectivity index (χ4n) is 1.60. The number of rotatable bonds is 5. The van der Waals surface area contributed by atoms with Crippen LogP contribution in [-0.4, -0.2) is 4.98 Å². The molecule has 0 saturated heterocycles. The summed E-state index contributed by atoms with van der Waals surface area (Å²) in [5.41, 5.74) is 3.93. The Bertz CT molecular complexity index is 494. The van der Waals surface area contributed by atoms with E-state index in [2.05, 4.69) is 10.3 Å². The van der Waals surface area contributed by atoms with Gasteiger partial charge < -0.3 is 5.32 Å². The smallest absolute Gasteiger partial charge is 0.263 e. The number of aryl methyl sites for hydroxylation is 1. The van der Waals surface area contributed by atoms with Crippen LogP contribution >= 0.6 is 11.3 Å². The molecule has 2 rings (SSSR count). The highest BCUT2D eigenvalue weighted by Gasteiger charge is 2.06. The van der Waals surface area contributed by atoms with Gasteiger partial charge in [-0.3, -0.25) is 0 Å². The number of thiazole rings is 1. The zero-order valence-electron chi connectivity index (χ0n) is 9.99. The van der Waals surface area contributed by atoms with E-state index in [-0.39, 0.29) is 5.56 Å². The number of nitrogens with one attached hydrogen (secondary N) is 1. The molecule has 0 saturated carbocycles. The maximum absolute atomic E-state index is 12.4. The highest BCUT2D eigenvalue weighted by molar-refractivity contribution is 7.09. The summed E-state index contributed by atoms with van der Waals surface area (Å²) in [6, 6.07) is 6.40. The summed E-state index contributed by atoms with van der Waals surface area (Å²) in [6.45, 7) is 3.40. The Morgan fingerprint density at radius 2 is 1.94 bits per heavy atom. The van der Waals surface area contributed by atoms with Crippen LogP contribution in [0.4, 0.5) is 8.78 Å². The van der Waals surface area contributed by atoms with Crippen LogP contribution in [0.15, 0.2) is 29.8 Å². The largest absolute Gasteiger partial charge is 0.308 e. The van der Waals surface area contributed by atoms with Gasteiger partial charge in [0.25, 0.3) is 6.43 Å². The molecule has 0 atom stereocenters. The van der Waals surface area contributed by atoms with Crippen molar-refractivity contribution in [2.24, 2.45) is 0 Å². The van der Waals surface area contributed by atoms with E-state index in [0.717, 1.165) is 17.8 Å². The van der Waals surface area contributed by atoms with E-state index in [4.69, 9.17) is 0 Å². The molecule has 0 bridgehead atoms. The second kappa shape index (κ2) is 6.02. The van der Waals surface area contributed by atoms with E-state index in [1.54, 1.807) is 23.5 Å². The average molecular weight is 268 g/mol. The number of alkyl halides is 2. The van der Waals surface area contributed by atoms with E-state index in [1.807, 2.05) is 12.4 Å². The maximum atomic E-state index is 12.4. The van der Waals surface area contributed by atoms with Crippen molar-refractivity contribution in [3.63, 3.8) is 0 Å². The van der Waals surface area contributed by atoms with Crippen LogP contribution in [0, 0.1) is 6.92 Å². The molecule has 0 unspecified atom stereocenters. The Morgan fingerprint density at radius 1 is 1.22 bits per heavy atom. The zero-order chi connectivity index (χ0) is 13.0. The van der Waals surface area contributed by atoms with Gasteiger partial charge >= 0.3 is 0 Å². The highest BCUT2D eigenvalue weighted by Crippen LogP contribution is 2.18. The minimum Gasteiger partial charge on any atom is -0.308 e. The van der Waals surface area contributed by atoms with Crippen molar-refractivity contribution in [2.75, 3.05) is 0 Å². The van der Waals surface area contributed by atoms with Gasteiger partial charge in [-0.2, -0.15) is 0 Å². The minimum atomic E-state index is -2.40. The molecule has 0 amide bonds. The fraction of sp³-hybridized carbons (Fsp3) is 0.308. The third-order valence-corrected chi connectivity index (χ3v) is 3.63. The van der Waals surface area contributed by atoms with Gasteiger partial charge in [0.15, 0.2) is 0 Å². The van der Waals surface area contributed by atoms with E-state index >= 15 is 0 Å². The van der Waals surface area contributed by atoms with Gasteiger partial charge in [-0.25, -0.2) is 13.8 Å². The molecule has 0 aliphatic rings. The summed E-state index contributed by atoms with van der Waals surface area (Å²) in [7, 11) is 0. The first-order chi connectivity index (χ1) is 8.66. The van der Waals surface area contributed by atoms with Crippen molar-refractivity contribution in [2.45, 2.75) is 26.4 Å². The average Bonchev–Trinajstić information content (AvgIpc) is 2.76. The van der Waals surface area contributed by atoms with Crippen LogP contribution in [0.3, 0.4) is 0 Å². The van der Waals surface area contributed by atoms with Gasteiger partial charge in [0.1, 0.15) is 0 Å². The first kappa shape index (κ1) is 13.1. The lowest BCUT2D eigenvalue weighted by Crippen LogP contribution is -2.12. The van der Waals surface area contributed by atoms with Crippen LogP contribution in [0.2, 0.25) is 0 Å². The standard InChI is InChI=1S/C13H14F2N2S/c1-9-12(18-8-17-9)7-16-6-10-2-4-11(5-3-10)13(14)15/h2-5,8,13,16H,6-7H2,1H3. The van der Waals surface area contributed by atoms with Crippen molar-refractivity contribution in [1.29, 1.82) is 0 Å². The summed E-state index contributed by atoms with van der Waals surface area (Å²) in [6.07, 6.45) is -2.40. The summed E-state index contributed by atoms with van der Waals surface area (Å²) in [4.78, 5) is 5.38. The highest BCUT2D eigenvalue weighted by atomic mass is 32.1. The van der Waals surface area contributed by atoms with Crippen LogP contribution in [0.25, 0.3) is 0 Å². The lowest BCUT2D eigenvalue weighted by Gasteiger charge is -2.05.